The third-order valence-corrected chi connectivity index (χ3v) is 5.68. The number of hydrogen-bond donors (Lipinski definition) is 2. The average Bonchev–Trinajstić information content (AvgIpc) is 3.34. The van der Waals surface area contributed by atoms with Crippen LogP contribution in [0.2, 0.25) is 0 Å². The van der Waals surface area contributed by atoms with Crippen LogP contribution in [0.5, 0.6) is 0 Å². The predicted octanol–water partition coefficient (Wildman–Crippen LogP) is 4.01. The van der Waals surface area contributed by atoms with Crippen molar-refractivity contribution in [3.05, 3.63) is 83.9 Å². The van der Waals surface area contributed by atoms with Gasteiger partial charge in [-0.25, -0.2) is 9.97 Å². The van der Waals surface area contributed by atoms with Crippen molar-refractivity contribution in [2.45, 2.75) is 25.8 Å². The number of carbonyl (C=O) groups is 1. The number of H-pyrrole nitrogens is 1. The van der Waals surface area contributed by atoms with Crippen LogP contribution in [0.25, 0.3) is 10.9 Å². The minimum atomic E-state index is -0.205. The van der Waals surface area contributed by atoms with Gasteiger partial charge in [0.2, 0.25) is 0 Å². The summed E-state index contributed by atoms with van der Waals surface area (Å²) in [7, 11) is 0. The highest BCUT2D eigenvalue weighted by Crippen LogP contribution is 2.36. The second kappa shape index (κ2) is 7.63. The number of anilines is 2. The normalized spacial score (nSPS) is 15.4. The summed E-state index contributed by atoms with van der Waals surface area (Å²) in [6.45, 7) is 2.72. The van der Waals surface area contributed by atoms with Gasteiger partial charge in [-0.15, -0.1) is 0 Å². The van der Waals surface area contributed by atoms with Crippen molar-refractivity contribution in [1.29, 1.82) is 0 Å². The van der Waals surface area contributed by atoms with E-state index >= 15 is 0 Å². The van der Waals surface area contributed by atoms with Crippen molar-refractivity contribution >= 4 is 28.3 Å². The van der Waals surface area contributed by atoms with E-state index in [4.69, 9.17) is 0 Å². The number of para-hydroxylation sites is 2. The van der Waals surface area contributed by atoms with Crippen LogP contribution < -0.4 is 10.2 Å². The van der Waals surface area contributed by atoms with Gasteiger partial charge in [-0.1, -0.05) is 36.4 Å². The fourth-order valence-corrected chi connectivity index (χ4v) is 4.22. The Hall–Kier alpha value is -3.67. The van der Waals surface area contributed by atoms with Crippen LogP contribution >= 0.6 is 0 Å². The van der Waals surface area contributed by atoms with Gasteiger partial charge in [-0.2, -0.15) is 0 Å². The van der Waals surface area contributed by atoms with E-state index in [-0.39, 0.29) is 5.91 Å². The second-order valence-electron chi connectivity index (χ2n) is 7.68. The Kier molecular flexibility index (Phi) is 4.67. The summed E-state index contributed by atoms with van der Waals surface area (Å²) >= 11 is 0. The molecular formula is C24H23N5O. The van der Waals surface area contributed by atoms with E-state index in [2.05, 4.69) is 56.4 Å². The average molecular weight is 397 g/mol. The molecule has 0 spiro atoms. The van der Waals surface area contributed by atoms with E-state index in [1.807, 2.05) is 30.5 Å². The van der Waals surface area contributed by atoms with Gasteiger partial charge in [0, 0.05) is 35.4 Å². The molecule has 2 aromatic heterocycles. The molecule has 1 aliphatic heterocycles. The van der Waals surface area contributed by atoms with Gasteiger partial charge in [0.15, 0.2) is 5.82 Å². The molecule has 1 amide bonds. The maximum Gasteiger partial charge on any atom is 0.271 e. The van der Waals surface area contributed by atoms with E-state index in [9.17, 15) is 4.79 Å². The minimum Gasteiger partial charge on any atom is -0.361 e. The Bertz CT molecular complexity index is 1200. The van der Waals surface area contributed by atoms with Gasteiger partial charge in [-0.3, -0.25) is 4.79 Å². The molecule has 1 aliphatic rings. The summed E-state index contributed by atoms with van der Waals surface area (Å²) in [5, 5.41) is 4.14. The third-order valence-electron chi connectivity index (χ3n) is 5.68. The van der Waals surface area contributed by atoms with Crippen LogP contribution in [0.15, 0.2) is 67.1 Å². The molecule has 0 fully saturated rings. The molecule has 150 valence electrons. The summed E-state index contributed by atoms with van der Waals surface area (Å²) in [4.78, 5) is 26.8. The van der Waals surface area contributed by atoms with Crippen molar-refractivity contribution < 1.29 is 4.79 Å². The lowest BCUT2D eigenvalue weighted by atomic mass is 10.1. The van der Waals surface area contributed by atoms with Crippen LogP contribution in [-0.4, -0.2) is 33.4 Å². The summed E-state index contributed by atoms with van der Waals surface area (Å²) in [6.07, 6.45) is 6.98. The highest BCUT2D eigenvalue weighted by molar-refractivity contribution is 5.92. The zero-order chi connectivity index (χ0) is 20.5. The molecule has 1 atom stereocenters. The lowest BCUT2D eigenvalue weighted by molar-refractivity contribution is 0.0949. The predicted molar refractivity (Wildman–Crippen MR) is 118 cm³/mol. The number of nitrogens with zero attached hydrogens (tertiary/aromatic N) is 3. The number of fused-ring (bicyclic) bond motifs is 2. The molecule has 4 aromatic rings. The molecule has 5 rings (SSSR count). The molecule has 3 heterocycles. The highest BCUT2D eigenvalue weighted by atomic mass is 16.1. The fourth-order valence-electron chi connectivity index (χ4n) is 4.22. The van der Waals surface area contributed by atoms with Crippen molar-refractivity contribution in [1.82, 2.24) is 20.3 Å². The molecule has 0 aliphatic carbocycles. The molecule has 0 bridgehead atoms. The van der Waals surface area contributed by atoms with E-state index in [0.717, 1.165) is 29.9 Å². The molecule has 0 saturated carbocycles. The van der Waals surface area contributed by atoms with Crippen molar-refractivity contribution in [3.8, 4) is 0 Å². The quantitative estimate of drug-likeness (QED) is 0.534. The molecule has 0 radical (unpaired) electrons. The topological polar surface area (TPSA) is 73.9 Å². The standard InChI is InChI=1S/C24H23N5O/c1-16-12-17-6-2-5-9-22(17)29(16)23-15-27-21(14-28-23)24(30)25-11-10-18-13-26-20-8-4-3-7-19(18)20/h2-9,13-16,26H,10-12H2,1H3,(H,25,30). The van der Waals surface area contributed by atoms with Crippen LogP contribution in [-0.2, 0) is 12.8 Å². The van der Waals surface area contributed by atoms with Crippen LogP contribution in [0.3, 0.4) is 0 Å². The SMILES string of the molecule is CC1Cc2ccccc2N1c1cnc(C(=O)NCCc2c[nH]c3ccccc23)cn1. The Morgan fingerprint density at radius 2 is 1.97 bits per heavy atom. The largest absolute Gasteiger partial charge is 0.361 e. The number of aromatic nitrogens is 3. The molecular weight excluding hydrogens is 374 g/mol. The Morgan fingerprint density at radius 3 is 2.83 bits per heavy atom. The number of benzene rings is 2. The number of hydrogen-bond acceptors (Lipinski definition) is 4. The highest BCUT2D eigenvalue weighted by Gasteiger charge is 2.27. The van der Waals surface area contributed by atoms with Gasteiger partial charge >= 0.3 is 0 Å². The molecule has 6 nitrogen and oxygen atoms in total. The van der Waals surface area contributed by atoms with E-state index < -0.39 is 0 Å². The zero-order valence-electron chi connectivity index (χ0n) is 16.8. The van der Waals surface area contributed by atoms with Crippen molar-refractivity contribution in [2.75, 3.05) is 11.4 Å². The first kappa shape index (κ1) is 18.4. The second-order valence-corrected chi connectivity index (χ2v) is 7.68. The molecule has 2 N–H and O–H groups in total. The summed E-state index contributed by atoms with van der Waals surface area (Å²) < 4.78 is 0. The number of nitrogens with one attached hydrogen (secondary N) is 2. The van der Waals surface area contributed by atoms with Gasteiger partial charge in [0.05, 0.1) is 12.4 Å². The van der Waals surface area contributed by atoms with Gasteiger partial charge in [0.25, 0.3) is 5.91 Å². The van der Waals surface area contributed by atoms with Crippen LogP contribution in [0.1, 0.15) is 28.5 Å². The Morgan fingerprint density at radius 1 is 1.13 bits per heavy atom. The number of amides is 1. The molecule has 6 heteroatoms. The smallest absolute Gasteiger partial charge is 0.271 e. The third kappa shape index (κ3) is 3.30. The Balaban J connectivity index is 1.24. The minimum absolute atomic E-state index is 0.205. The van der Waals surface area contributed by atoms with Crippen molar-refractivity contribution in [3.63, 3.8) is 0 Å². The van der Waals surface area contributed by atoms with Crippen molar-refractivity contribution in [2.24, 2.45) is 0 Å². The van der Waals surface area contributed by atoms with E-state index in [1.165, 1.54) is 16.5 Å². The Labute approximate surface area is 175 Å². The first-order valence-corrected chi connectivity index (χ1v) is 10.2. The zero-order valence-corrected chi connectivity index (χ0v) is 16.8. The van der Waals surface area contributed by atoms with Gasteiger partial charge < -0.3 is 15.2 Å². The molecule has 2 aromatic carbocycles. The maximum atomic E-state index is 12.5. The van der Waals surface area contributed by atoms with Crippen LogP contribution in [0.4, 0.5) is 11.5 Å². The van der Waals surface area contributed by atoms with Gasteiger partial charge in [-0.05, 0) is 43.0 Å². The number of aromatic amines is 1. The van der Waals surface area contributed by atoms with Crippen LogP contribution in [0, 0.1) is 0 Å². The maximum absolute atomic E-state index is 12.5. The van der Waals surface area contributed by atoms with Gasteiger partial charge in [0.1, 0.15) is 5.69 Å². The monoisotopic (exact) mass is 397 g/mol. The molecule has 30 heavy (non-hydrogen) atoms. The fraction of sp³-hybridized carbons (Fsp3) is 0.208. The molecule has 0 saturated heterocycles. The molecule has 1 unspecified atom stereocenters. The summed E-state index contributed by atoms with van der Waals surface area (Å²) in [5.41, 5.74) is 5.10. The summed E-state index contributed by atoms with van der Waals surface area (Å²) in [5.74, 6) is 0.562. The lowest BCUT2D eigenvalue weighted by Crippen LogP contribution is -2.28. The first-order valence-electron chi connectivity index (χ1n) is 10.2. The number of carbonyl (C=O) groups excluding carboxylic acids is 1. The first-order chi connectivity index (χ1) is 14.7. The van der Waals surface area contributed by atoms with E-state index in [1.54, 1.807) is 12.4 Å². The lowest BCUT2D eigenvalue weighted by Gasteiger charge is -2.23. The summed E-state index contributed by atoms with van der Waals surface area (Å²) in [6, 6.07) is 16.8. The number of rotatable bonds is 5. The van der Waals surface area contributed by atoms with E-state index in [0.29, 0.717) is 18.3 Å².